The predicted octanol–water partition coefficient (Wildman–Crippen LogP) is 3.28. The Balaban J connectivity index is 3.04. The van der Waals surface area contributed by atoms with Gasteiger partial charge in [-0.15, -0.1) is 6.42 Å². The summed E-state index contributed by atoms with van der Waals surface area (Å²) in [6.45, 7) is 1.61. The molecule has 0 aromatic heterocycles. The van der Waals surface area contributed by atoms with Crippen molar-refractivity contribution in [2.24, 2.45) is 0 Å². The molecular formula is C11H9F4N. The maximum absolute atomic E-state index is 12.9. The van der Waals surface area contributed by atoms with E-state index in [9.17, 15) is 17.6 Å². The van der Waals surface area contributed by atoms with Crippen LogP contribution in [0.15, 0.2) is 18.2 Å². The summed E-state index contributed by atoms with van der Waals surface area (Å²) in [5.74, 6) is 1.00. The first-order valence-electron chi connectivity index (χ1n) is 4.44. The van der Waals surface area contributed by atoms with Crippen LogP contribution in [-0.2, 0) is 6.18 Å². The summed E-state index contributed by atoms with van der Waals surface area (Å²) >= 11 is 0. The summed E-state index contributed by atoms with van der Waals surface area (Å²) in [4.78, 5) is 0. The van der Waals surface area contributed by atoms with Gasteiger partial charge in [0.05, 0.1) is 11.6 Å². The zero-order chi connectivity index (χ0) is 12.3. The number of hydrogen-bond acceptors (Lipinski definition) is 1. The lowest BCUT2D eigenvalue weighted by molar-refractivity contribution is -0.139. The molecule has 0 spiro atoms. The molecule has 1 unspecified atom stereocenters. The number of benzene rings is 1. The summed E-state index contributed by atoms with van der Waals surface area (Å²) in [5, 5.41) is 2.63. The number of hydrogen-bond donors (Lipinski definition) is 1. The van der Waals surface area contributed by atoms with E-state index in [1.807, 2.05) is 0 Å². The summed E-state index contributed by atoms with van der Waals surface area (Å²) in [7, 11) is 0. The monoisotopic (exact) mass is 231 g/mol. The average molecular weight is 231 g/mol. The third kappa shape index (κ3) is 2.89. The van der Waals surface area contributed by atoms with Gasteiger partial charge in [0.2, 0.25) is 0 Å². The molecule has 5 heteroatoms. The fourth-order valence-corrected chi connectivity index (χ4v) is 1.12. The molecule has 0 aliphatic rings. The lowest BCUT2D eigenvalue weighted by atomic mass is 10.1. The standard InChI is InChI=1S/C11H9F4N/c1-3-7(2)16-8-4-5-10(12)9(6-8)11(13,14)15/h1,4-7,16H,2H3. The third-order valence-electron chi connectivity index (χ3n) is 1.90. The van der Waals surface area contributed by atoms with Crippen molar-refractivity contribution in [2.75, 3.05) is 5.32 Å². The minimum absolute atomic E-state index is 0.138. The molecule has 0 heterocycles. The molecular weight excluding hydrogens is 222 g/mol. The largest absolute Gasteiger partial charge is 0.419 e. The first kappa shape index (κ1) is 12.4. The highest BCUT2D eigenvalue weighted by molar-refractivity contribution is 5.48. The summed E-state index contributed by atoms with van der Waals surface area (Å²) in [5.41, 5.74) is -1.17. The minimum Gasteiger partial charge on any atom is -0.372 e. The topological polar surface area (TPSA) is 12.0 Å². The van der Waals surface area contributed by atoms with E-state index in [1.165, 1.54) is 6.07 Å². The van der Waals surface area contributed by atoms with Crippen LogP contribution in [0.2, 0.25) is 0 Å². The Morgan fingerprint density at radius 2 is 2.00 bits per heavy atom. The molecule has 0 fully saturated rings. The van der Waals surface area contributed by atoms with E-state index in [1.54, 1.807) is 6.92 Å². The summed E-state index contributed by atoms with van der Waals surface area (Å²) in [6, 6.07) is 2.24. The van der Waals surface area contributed by atoms with Crippen molar-refractivity contribution >= 4 is 5.69 Å². The Bertz CT molecular complexity index is 417. The predicted molar refractivity (Wildman–Crippen MR) is 53.3 cm³/mol. The molecule has 1 aromatic carbocycles. The molecule has 0 bridgehead atoms. The molecule has 1 aromatic rings. The second kappa shape index (κ2) is 4.44. The number of alkyl halides is 3. The Morgan fingerprint density at radius 3 is 2.50 bits per heavy atom. The van der Waals surface area contributed by atoms with E-state index in [2.05, 4.69) is 11.2 Å². The van der Waals surface area contributed by atoms with Gasteiger partial charge in [0.25, 0.3) is 0 Å². The number of terminal acetylenes is 1. The number of rotatable bonds is 2. The van der Waals surface area contributed by atoms with Gasteiger partial charge < -0.3 is 5.32 Å². The molecule has 1 atom stereocenters. The van der Waals surface area contributed by atoms with Crippen LogP contribution in [0, 0.1) is 18.2 Å². The summed E-state index contributed by atoms with van der Waals surface area (Å²) < 4.78 is 49.9. The normalized spacial score (nSPS) is 13.0. The van der Waals surface area contributed by atoms with Crippen LogP contribution < -0.4 is 5.32 Å². The number of halogens is 4. The van der Waals surface area contributed by atoms with Crippen molar-refractivity contribution in [1.29, 1.82) is 0 Å². The van der Waals surface area contributed by atoms with Gasteiger partial charge >= 0.3 is 6.18 Å². The van der Waals surface area contributed by atoms with Crippen LogP contribution >= 0.6 is 0 Å². The van der Waals surface area contributed by atoms with Crippen LogP contribution in [0.5, 0.6) is 0 Å². The van der Waals surface area contributed by atoms with Crippen molar-refractivity contribution < 1.29 is 17.6 Å². The highest BCUT2D eigenvalue weighted by Gasteiger charge is 2.34. The fourth-order valence-electron chi connectivity index (χ4n) is 1.12. The van der Waals surface area contributed by atoms with E-state index >= 15 is 0 Å². The molecule has 1 nitrogen and oxygen atoms in total. The zero-order valence-corrected chi connectivity index (χ0v) is 8.40. The molecule has 1 N–H and O–H groups in total. The smallest absolute Gasteiger partial charge is 0.372 e. The van der Waals surface area contributed by atoms with E-state index in [0.717, 1.165) is 6.07 Å². The molecule has 0 amide bonds. The van der Waals surface area contributed by atoms with Crippen molar-refractivity contribution in [1.82, 2.24) is 0 Å². The Labute approximate surface area is 90.5 Å². The molecule has 0 aliphatic heterocycles. The third-order valence-corrected chi connectivity index (χ3v) is 1.90. The minimum atomic E-state index is -4.71. The van der Waals surface area contributed by atoms with E-state index < -0.39 is 23.6 Å². The molecule has 1 rings (SSSR count). The molecule has 0 aliphatic carbocycles. The van der Waals surface area contributed by atoms with Gasteiger partial charge in [-0.3, -0.25) is 0 Å². The van der Waals surface area contributed by atoms with E-state index in [-0.39, 0.29) is 5.69 Å². The Morgan fingerprint density at radius 1 is 1.38 bits per heavy atom. The van der Waals surface area contributed by atoms with Crippen LogP contribution in [-0.4, -0.2) is 6.04 Å². The summed E-state index contributed by atoms with van der Waals surface area (Å²) in [6.07, 6.45) is 0.358. The van der Waals surface area contributed by atoms with Crippen LogP contribution in [0.1, 0.15) is 12.5 Å². The second-order valence-electron chi connectivity index (χ2n) is 3.23. The maximum atomic E-state index is 12.9. The second-order valence-corrected chi connectivity index (χ2v) is 3.23. The van der Waals surface area contributed by atoms with Gasteiger partial charge in [0, 0.05) is 5.69 Å². The highest BCUT2D eigenvalue weighted by atomic mass is 19.4. The molecule has 0 radical (unpaired) electrons. The van der Waals surface area contributed by atoms with Gasteiger partial charge in [-0.25, -0.2) is 4.39 Å². The van der Waals surface area contributed by atoms with Crippen LogP contribution in [0.25, 0.3) is 0 Å². The maximum Gasteiger partial charge on any atom is 0.419 e. The molecule has 0 saturated carbocycles. The first-order valence-corrected chi connectivity index (χ1v) is 4.44. The van der Waals surface area contributed by atoms with Crippen molar-refractivity contribution in [3.05, 3.63) is 29.6 Å². The van der Waals surface area contributed by atoms with Crippen molar-refractivity contribution in [3.8, 4) is 12.3 Å². The van der Waals surface area contributed by atoms with Gasteiger partial charge in [-0.2, -0.15) is 13.2 Å². The van der Waals surface area contributed by atoms with Gasteiger partial charge in [0.1, 0.15) is 5.82 Å². The zero-order valence-electron chi connectivity index (χ0n) is 8.40. The Kier molecular flexibility index (Phi) is 3.43. The fraction of sp³-hybridized carbons (Fsp3) is 0.273. The molecule has 86 valence electrons. The first-order chi connectivity index (χ1) is 7.34. The van der Waals surface area contributed by atoms with Crippen molar-refractivity contribution in [3.63, 3.8) is 0 Å². The molecule has 16 heavy (non-hydrogen) atoms. The number of anilines is 1. The Hall–Kier alpha value is -1.70. The lowest BCUT2D eigenvalue weighted by Crippen LogP contribution is -2.14. The van der Waals surface area contributed by atoms with Gasteiger partial charge in [-0.05, 0) is 25.1 Å². The van der Waals surface area contributed by atoms with Crippen LogP contribution in [0.4, 0.5) is 23.2 Å². The van der Waals surface area contributed by atoms with Gasteiger partial charge in [0.15, 0.2) is 0 Å². The SMILES string of the molecule is C#CC(C)Nc1ccc(F)c(C(F)(F)F)c1. The average Bonchev–Trinajstić information content (AvgIpc) is 2.19. The van der Waals surface area contributed by atoms with Crippen molar-refractivity contribution in [2.45, 2.75) is 19.1 Å². The van der Waals surface area contributed by atoms with E-state index in [4.69, 9.17) is 6.42 Å². The van der Waals surface area contributed by atoms with Crippen LogP contribution in [0.3, 0.4) is 0 Å². The quantitative estimate of drug-likeness (QED) is 0.608. The lowest BCUT2D eigenvalue weighted by Gasteiger charge is -2.13. The van der Waals surface area contributed by atoms with E-state index in [0.29, 0.717) is 6.07 Å². The molecule has 0 saturated heterocycles. The number of nitrogens with one attached hydrogen (secondary N) is 1. The van der Waals surface area contributed by atoms with Gasteiger partial charge in [-0.1, -0.05) is 5.92 Å². The highest BCUT2D eigenvalue weighted by Crippen LogP contribution is 2.33.